The predicted octanol–water partition coefficient (Wildman–Crippen LogP) is 8.09. The number of benzene rings is 7. The highest BCUT2D eigenvalue weighted by atomic mass is 16.3. The first kappa shape index (κ1) is 25.9. The number of rotatable bonds is 3. The topological polar surface area (TPSA) is 142 Å². The molecule has 0 fully saturated rings. The fraction of sp³-hybridized carbons (Fsp3) is 0. The molecular weight excluding hydrogens is 544 g/mol. The molecule has 7 rings (SSSR count). The summed E-state index contributed by atoms with van der Waals surface area (Å²) in [5.41, 5.74) is 4.15. The van der Waals surface area contributed by atoms with Gasteiger partial charge in [-0.05, 0) is 43.8 Å². The van der Waals surface area contributed by atoms with E-state index in [9.17, 15) is 35.7 Å². The quantitative estimate of drug-likeness (QED) is 0.0649. The summed E-state index contributed by atoms with van der Waals surface area (Å²) in [6.07, 6.45) is 0. The van der Waals surface area contributed by atoms with Crippen LogP contribution in [0.5, 0.6) is 40.2 Å². The van der Waals surface area contributed by atoms with E-state index in [0.717, 1.165) is 33.0 Å². The van der Waals surface area contributed by atoms with Crippen molar-refractivity contribution in [3.8, 4) is 73.6 Å². The molecule has 0 aliphatic rings. The summed E-state index contributed by atoms with van der Waals surface area (Å²) in [6, 6.07) is 33.1. The standard InChI is InChI=1S/C36H24O7/c37-30-27(31(38)32(39)29-28(30)33(40)35(42)36(43)34(29)41)26-23-12-6-4-10-21(23)25(22-11-5-7-13-24(22)26)20-16-14-19(15-17-20)18-8-2-1-3-9-18/h1-17,37-43H. The minimum Gasteiger partial charge on any atom is -0.506 e. The molecule has 0 saturated heterocycles. The van der Waals surface area contributed by atoms with Crippen molar-refractivity contribution in [1.29, 1.82) is 0 Å². The van der Waals surface area contributed by atoms with E-state index in [4.69, 9.17) is 0 Å². The third-order valence-corrected chi connectivity index (χ3v) is 8.03. The molecule has 0 heterocycles. The summed E-state index contributed by atoms with van der Waals surface area (Å²) < 4.78 is 0. The lowest BCUT2D eigenvalue weighted by Crippen LogP contribution is -1.93. The Hall–Kier alpha value is -6.08. The third-order valence-electron chi connectivity index (χ3n) is 8.03. The van der Waals surface area contributed by atoms with Crippen molar-refractivity contribution in [3.63, 3.8) is 0 Å². The Bertz CT molecular complexity index is 2180. The number of fused-ring (bicyclic) bond motifs is 3. The van der Waals surface area contributed by atoms with Crippen molar-refractivity contribution in [3.05, 3.63) is 103 Å². The molecule has 0 aromatic heterocycles. The van der Waals surface area contributed by atoms with Crippen LogP contribution in [0.4, 0.5) is 0 Å². The Morgan fingerprint density at radius 1 is 0.256 bits per heavy atom. The van der Waals surface area contributed by atoms with Gasteiger partial charge in [-0.2, -0.15) is 0 Å². The smallest absolute Gasteiger partial charge is 0.205 e. The molecule has 0 atom stereocenters. The third kappa shape index (κ3) is 3.68. The first-order chi connectivity index (χ1) is 20.8. The lowest BCUT2D eigenvalue weighted by atomic mass is 9.84. The molecular formula is C36H24O7. The van der Waals surface area contributed by atoms with Crippen LogP contribution in [-0.2, 0) is 0 Å². The Balaban J connectivity index is 1.59. The van der Waals surface area contributed by atoms with E-state index in [1.807, 2.05) is 91.0 Å². The summed E-state index contributed by atoms with van der Waals surface area (Å²) in [4.78, 5) is 0. The van der Waals surface area contributed by atoms with Crippen LogP contribution in [-0.4, -0.2) is 35.7 Å². The van der Waals surface area contributed by atoms with E-state index >= 15 is 0 Å². The Morgan fingerprint density at radius 3 is 1.14 bits per heavy atom. The number of phenols is 7. The van der Waals surface area contributed by atoms with E-state index in [2.05, 4.69) is 12.1 Å². The van der Waals surface area contributed by atoms with Gasteiger partial charge in [-0.25, -0.2) is 0 Å². The molecule has 7 nitrogen and oxygen atoms in total. The molecule has 210 valence electrons. The van der Waals surface area contributed by atoms with Gasteiger partial charge in [-0.1, -0.05) is 103 Å². The van der Waals surface area contributed by atoms with Crippen molar-refractivity contribution >= 4 is 32.3 Å². The molecule has 0 spiro atoms. The van der Waals surface area contributed by atoms with E-state index in [0.29, 0.717) is 16.3 Å². The molecule has 43 heavy (non-hydrogen) atoms. The van der Waals surface area contributed by atoms with Crippen LogP contribution in [0.2, 0.25) is 0 Å². The molecule has 7 aromatic carbocycles. The molecule has 0 radical (unpaired) electrons. The number of aromatic hydroxyl groups is 7. The zero-order chi connectivity index (χ0) is 30.0. The molecule has 7 aromatic rings. The largest absolute Gasteiger partial charge is 0.506 e. The van der Waals surface area contributed by atoms with Crippen molar-refractivity contribution in [2.24, 2.45) is 0 Å². The molecule has 7 N–H and O–H groups in total. The molecule has 0 saturated carbocycles. The Kier molecular flexibility index (Phi) is 5.71. The van der Waals surface area contributed by atoms with Crippen molar-refractivity contribution < 1.29 is 35.7 Å². The number of hydrogen-bond donors (Lipinski definition) is 7. The first-order valence-corrected chi connectivity index (χ1v) is 13.5. The maximum atomic E-state index is 11.5. The van der Waals surface area contributed by atoms with Crippen LogP contribution in [0.25, 0.3) is 65.7 Å². The van der Waals surface area contributed by atoms with E-state index < -0.39 is 51.0 Å². The predicted molar refractivity (Wildman–Crippen MR) is 167 cm³/mol. The summed E-state index contributed by atoms with van der Waals surface area (Å²) >= 11 is 0. The second kappa shape index (κ2) is 9.49. The van der Waals surface area contributed by atoms with Crippen molar-refractivity contribution in [2.75, 3.05) is 0 Å². The molecule has 0 aliphatic carbocycles. The highest BCUT2D eigenvalue weighted by Crippen LogP contribution is 2.60. The first-order valence-electron chi connectivity index (χ1n) is 13.5. The van der Waals surface area contributed by atoms with Gasteiger partial charge >= 0.3 is 0 Å². The average Bonchev–Trinajstić information content (AvgIpc) is 3.04. The molecule has 0 bridgehead atoms. The second-order valence-electron chi connectivity index (χ2n) is 10.3. The van der Waals surface area contributed by atoms with E-state index in [1.165, 1.54) is 0 Å². The van der Waals surface area contributed by atoms with Gasteiger partial charge in [0.2, 0.25) is 11.5 Å². The molecule has 0 aliphatic heterocycles. The lowest BCUT2D eigenvalue weighted by molar-refractivity contribution is 0.347. The van der Waals surface area contributed by atoms with E-state index in [1.54, 1.807) is 0 Å². The van der Waals surface area contributed by atoms with Gasteiger partial charge in [0.15, 0.2) is 23.0 Å². The van der Waals surface area contributed by atoms with Gasteiger partial charge in [0.05, 0.1) is 16.3 Å². The fourth-order valence-corrected chi connectivity index (χ4v) is 6.04. The van der Waals surface area contributed by atoms with Gasteiger partial charge in [0.1, 0.15) is 5.75 Å². The highest BCUT2D eigenvalue weighted by molar-refractivity contribution is 6.24. The monoisotopic (exact) mass is 568 g/mol. The van der Waals surface area contributed by atoms with Crippen LogP contribution >= 0.6 is 0 Å². The normalized spacial score (nSPS) is 11.4. The minimum absolute atomic E-state index is 0.219. The van der Waals surface area contributed by atoms with Gasteiger partial charge in [0, 0.05) is 5.56 Å². The number of hydrogen-bond acceptors (Lipinski definition) is 7. The van der Waals surface area contributed by atoms with Crippen LogP contribution < -0.4 is 0 Å². The van der Waals surface area contributed by atoms with Crippen molar-refractivity contribution in [1.82, 2.24) is 0 Å². The molecule has 0 unspecified atom stereocenters. The summed E-state index contributed by atoms with van der Waals surface area (Å²) in [6.45, 7) is 0. The Morgan fingerprint density at radius 2 is 0.628 bits per heavy atom. The van der Waals surface area contributed by atoms with E-state index in [-0.39, 0.29) is 5.56 Å². The summed E-state index contributed by atoms with van der Waals surface area (Å²) in [5, 5.41) is 76.9. The maximum Gasteiger partial charge on any atom is 0.205 e. The maximum absolute atomic E-state index is 11.5. The zero-order valence-electron chi connectivity index (χ0n) is 22.4. The summed E-state index contributed by atoms with van der Waals surface area (Å²) in [5.74, 6) is -6.54. The van der Waals surface area contributed by atoms with Crippen LogP contribution in [0, 0.1) is 0 Å². The summed E-state index contributed by atoms with van der Waals surface area (Å²) in [7, 11) is 0. The lowest BCUT2D eigenvalue weighted by Gasteiger charge is -2.21. The van der Waals surface area contributed by atoms with Gasteiger partial charge in [-0.3, -0.25) is 0 Å². The van der Waals surface area contributed by atoms with Crippen LogP contribution in [0.3, 0.4) is 0 Å². The molecule has 7 heteroatoms. The van der Waals surface area contributed by atoms with Gasteiger partial charge < -0.3 is 35.7 Å². The fourth-order valence-electron chi connectivity index (χ4n) is 6.04. The van der Waals surface area contributed by atoms with Gasteiger partial charge in [-0.15, -0.1) is 0 Å². The number of phenolic OH excluding ortho intramolecular Hbond substituents is 7. The van der Waals surface area contributed by atoms with Crippen molar-refractivity contribution in [2.45, 2.75) is 0 Å². The second-order valence-corrected chi connectivity index (χ2v) is 10.3. The van der Waals surface area contributed by atoms with Crippen LogP contribution in [0.1, 0.15) is 0 Å². The van der Waals surface area contributed by atoms with Crippen LogP contribution in [0.15, 0.2) is 103 Å². The highest BCUT2D eigenvalue weighted by Gasteiger charge is 2.31. The Labute approximate surface area is 244 Å². The zero-order valence-corrected chi connectivity index (χ0v) is 22.4. The average molecular weight is 569 g/mol. The molecule has 0 amide bonds. The SMILES string of the molecule is Oc1c(O)c(O)c2c(O)c(-c3c4ccccc4c(-c4ccc(-c5ccccc5)cc4)c4ccccc34)c(O)c(O)c2c1O. The van der Waals surface area contributed by atoms with Gasteiger partial charge in [0.25, 0.3) is 0 Å². The minimum atomic E-state index is -1.11.